The van der Waals surface area contributed by atoms with Gasteiger partial charge in [-0.25, -0.2) is 0 Å². The van der Waals surface area contributed by atoms with Crippen molar-refractivity contribution in [1.29, 1.82) is 0 Å². The second kappa shape index (κ2) is 5.69. The van der Waals surface area contributed by atoms with Gasteiger partial charge < -0.3 is 5.11 Å². The molecule has 2 nitrogen and oxygen atoms in total. The zero-order valence-corrected chi connectivity index (χ0v) is 10.5. The number of carboxylic acids is 1. The molecule has 0 aliphatic rings. The minimum atomic E-state index is -0.855. The molecule has 1 N–H and O–H groups in total. The van der Waals surface area contributed by atoms with Crippen LogP contribution in [0, 0.1) is 0 Å². The molecular weight excluding hydrogens is 248 g/mol. The summed E-state index contributed by atoms with van der Waals surface area (Å²) in [6, 6.07) is 16.7. The van der Waals surface area contributed by atoms with E-state index in [1.54, 1.807) is 18.2 Å². The first-order valence-corrected chi connectivity index (χ1v) is 6.07. The van der Waals surface area contributed by atoms with Crippen molar-refractivity contribution in [3.05, 3.63) is 70.7 Å². The van der Waals surface area contributed by atoms with Crippen LogP contribution >= 0.6 is 11.6 Å². The SMILES string of the molecule is O=C(O)[C@@H](Cc1ccccc1)c1ccccc1Cl. The summed E-state index contributed by atoms with van der Waals surface area (Å²) in [6.07, 6.45) is 0.444. The second-order valence-corrected chi connectivity index (χ2v) is 4.51. The van der Waals surface area contributed by atoms with Gasteiger partial charge in [0.15, 0.2) is 0 Å². The molecule has 1 atom stereocenters. The zero-order valence-electron chi connectivity index (χ0n) is 9.71. The predicted molar refractivity (Wildman–Crippen MR) is 72.0 cm³/mol. The molecule has 0 unspecified atom stereocenters. The minimum Gasteiger partial charge on any atom is -0.481 e. The molecule has 2 rings (SSSR count). The molecule has 92 valence electrons. The molecule has 0 fully saturated rings. The molecule has 3 heteroatoms. The van der Waals surface area contributed by atoms with Gasteiger partial charge in [0.1, 0.15) is 0 Å². The lowest BCUT2D eigenvalue weighted by atomic mass is 9.92. The third-order valence-electron chi connectivity index (χ3n) is 2.86. The molecule has 0 saturated carbocycles. The average molecular weight is 261 g/mol. The molecule has 0 bridgehead atoms. The number of benzene rings is 2. The first-order valence-electron chi connectivity index (χ1n) is 5.69. The Kier molecular flexibility index (Phi) is 4.00. The maximum Gasteiger partial charge on any atom is 0.311 e. The minimum absolute atomic E-state index is 0.444. The van der Waals surface area contributed by atoms with E-state index in [0.717, 1.165) is 5.56 Å². The van der Waals surface area contributed by atoms with Gasteiger partial charge in [0.2, 0.25) is 0 Å². The first-order chi connectivity index (χ1) is 8.68. The van der Waals surface area contributed by atoms with E-state index in [-0.39, 0.29) is 0 Å². The Bertz CT molecular complexity index is 537. The van der Waals surface area contributed by atoms with Crippen LogP contribution in [0.25, 0.3) is 0 Å². The van der Waals surface area contributed by atoms with E-state index in [4.69, 9.17) is 11.6 Å². The Balaban J connectivity index is 2.30. The van der Waals surface area contributed by atoms with E-state index in [2.05, 4.69) is 0 Å². The fraction of sp³-hybridized carbons (Fsp3) is 0.133. The van der Waals surface area contributed by atoms with Crippen molar-refractivity contribution in [2.24, 2.45) is 0 Å². The standard InChI is InChI=1S/C15H13ClO2/c16-14-9-5-4-8-12(14)13(15(17)18)10-11-6-2-1-3-7-11/h1-9,13H,10H2,(H,17,18)/t13-/m0/s1. The Morgan fingerprint density at radius 1 is 1.06 bits per heavy atom. The van der Waals surface area contributed by atoms with Gasteiger partial charge in [-0.15, -0.1) is 0 Å². The molecule has 0 aliphatic carbocycles. The smallest absolute Gasteiger partial charge is 0.311 e. The number of rotatable bonds is 4. The molecule has 0 spiro atoms. The quantitative estimate of drug-likeness (QED) is 0.909. The Labute approximate surface area is 111 Å². The highest BCUT2D eigenvalue weighted by Crippen LogP contribution is 2.27. The fourth-order valence-corrected chi connectivity index (χ4v) is 2.21. The number of carboxylic acid groups (broad SMARTS) is 1. The van der Waals surface area contributed by atoms with E-state index in [9.17, 15) is 9.90 Å². The van der Waals surface area contributed by atoms with Crippen molar-refractivity contribution in [3.8, 4) is 0 Å². The summed E-state index contributed by atoms with van der Waals surface area (Å²) in [5, 5.41) is 9.85. The van der Waals surface area contributed by atoms with Gasteiger partial charge in [-0.05, 0) is 23.6 Å². The third-order valence-corrected chi connectivity index (χ3v) is 3.21. The fourth-order valence-electron chi connectivity index (χ4n) is 1.94. The van der Waals surface area contributed by atoms with Crippen LogP contribution in [0.2, 0.25) is 5.02 Å². The molecule has 0 radical (unpaired) electrons. The lowest BCUT2D eigenvalue weighted by Crippen LogP contribution is -2.14. The van der Waals surface area contributed by atoms with Crippen LogP contribution in [0.1, 0.15) is 17.0 Å². The predicted octanol–water partition coefficient (Wildman–Crippen LogP) is 3.75. The van der Waals surface area contributed by atoms with E-state index < -0.39 is 11.9 Å². The topological polar surface area (TPSA) is 37.3 Å². The van der Waals surface area contributed by atoms with Crippen LogP contribution in [0.5, 0.6) is 0 Å². The third kappa shape index (κ3) is 2.90. The van der Waals surface area contributed by atoms with Gasteiger partial charge in [0.05, 0.1) is 5.92 Å². The van der Waals surface area contributed by atoms with Gasteiger partial charge in [0, 0.05) is 5.02 Å². The average Bonchev–Trinajstić information content (AvgIpc) is 2.38. The summed E-state index contributed by atoms with van der Waals surface area (Å²) >= 11 is 6.07. The van der Waals surface area contributed by atoms with Crippen molar-refractivity contribution >= 4 is 17.6 Å². The van der Waals surface area contributed by atoms with Crippen LogP contribution < -0.4 is 0 Å². The molecule has 0 amide bonds. The molecule has 0 heterocycles. The van der Waals surface area contributed by atoms with Gasteiger partial charge in [-0.3, -0.25) is 4.79 Å². The van der Waals surface area contributed by atoms with E-state index in [1.807, 2.05) is 36.4 Å². The molecule has 18 heavy (non-hydrogen) atoms. The Morgan fingerprint density at radius 3 is 2.28 bits per heavy atom. The summed E-state index contributed by atoms with van der Waals surface area (Å²) in [6.45, 7) is 0. The molecular formula is C15H13ClO2. The molecule has 2 aromatic rings. The lowest BCUT2D eigenvalue weighted by molar-refractivity contribution is -0.138. The number of hydrogen-bond donors (Lipinski definition) is 1. The molecule has 2 aromatic carbocycles. The summed E-state index contributed by atoms with van der Waals surface area (Å²) in [5.41, 5.74) is 1.65. The van der Waals surface area contributed by atoms with Crippen LogP contribution in [0.4, 0.5) is 0 Å². The van der Waals surface area contributed by atoms with Crippen LogP contribution in [0.3, 0.4) is 0 Å². The van der Waals surface area contributed by atoms with Crippen molar-refractivity contribution < 1.29 is 9.90 Å². The van der Waals surface area contributed by atoms with Gasteiger partial charge in [-0.2, -0.15) is 0 Å². The summed E-state index contributed by atoms with van der Waals surface area (Å²) in [7, 11) is 0. The highest BCUT2D eigenvalue weighted by atomic mass is 35.5. The van der Waals surface area contributed by atoms with Crippen molar-refractivity contribution in [3.63, 3.8) is 0 Å². The Morgan fingerprint density at radius 2 is 1.67 bits per heavy atom. The van der Waals surface area contributed by atoms with Gasteiger partial charge in [0.25, 0.3) is 0 Å². The largest absolute Gasteiger partial charge is 0.481 e. The maximum atomic E-state index is 11.4. The van der Waals surface area contributed by atoms with Crippen molar-refractivity contribution in [2.75, 3.05) is 0 Å². The number of halogens is 1. The van der Waals surface area contributed by atoms with Crippen molar-refractivity contribution in [1.82, 2.24) is 0 Å². The number of hydrogen-bond acceptors (Lipinski definition) is 1. The summed E-state index contributed by atoms with van der Waals surface area (Å²) in [5.74, 6) is -1.46. The molecule has 0 saturated heterocycles. The zero-order chi connectivity index (χ0) is 13.0. The number of carbonyl (C=O) groups is 1. The van der Waals surface area contributed by atoms with E-state index >= 15 is 0 Å². The second-order valence-electron chi connectivity index (χ2n) is 4.10. The highest BCUT2D eigenvalue weighted by molar-refractivity contribution is 6.31. The summed E-state index contributed by atoms with van der Waals surface area (Å²) < 4.78 is 0. The molecule has 0 aliphatic heterocycles. The van der Waals surface area contributed by atoms with Crippen LogP contribution in [-0.4, -0.2) is 11.1 Å². The summed E-state index contributed by atoms with van der Waals surface area (Å²) in [4.78, 5) is 11.4. The monoisotopic (exact) mass is 260 g/mol. The highest BCUT2D eigenvalue weighted by Gasteiger charge is 2.22. The van der Waals surface area contributed by atoms with Crippen molar-refractivity contribution in [2.45, 2.75) is 12.3 Å². The normalized spacial score (nSPS) is 12.1. The van der Waals surface area contributed by atoms with Gasteiger partial charge in [-0.1, -0.05) is 60.1 Å². The van der Waals surface area contributed by atoms with E-state index in [1.165, 1.54) is 0 Å². The maximum absolute atomic E-state index is 11.4. The number of aliphatic carboxylic acids is 1. The van der Waals surface area contributed by atoms with Crippen LogP contribution in [-0.2, 0) is 11.2 Å². The first kappa shape index (κ1) is 12.7. The van der Waals surface area contributed by atoms with E-state index in [0.29, 0.717) is 17.0 Å². The van der Waals surface area contributed by atoms with Gasteiger partial charge >= 0.3 is 5.97 Å². The lowest BCUT2D eigenvalue weighted by Gasteiger charge is -2.14. The van der Waals surface area contributed by atoms with Crippen LogP contribution in [0.15, 0.2) is 54.6 Å². The molecule has 0 aromatic heterocycles. The Hall–Kier alpha value is -1.80.